The Hall–Kier alpha value is -2.36. The Kier molecular flexibility index (Phi) is 3.37. The molecule has 4 heteroatoms. The SMILES string of the molecule is O=C(c1cncc(O)c1)N1CCCc2ccccc2C1. The van der Waals surface area contributed by atoms with Crippen LogP contribution in [0.4, 0.5) is 0 Å². The smallest absolute Gasteiger partial charge is 0.255 e. The van der Waals surface area contributed by atoms with E-state index in [4.69, 9.17) is 0 Å². The predicted octanol–water partition coefficient (Wildman–Crippen LogP) is 2.38. The number of aryl methyl sites for hydroxylation is 1. The Morgan fingerprint density at radius 1 is 1.20 bits per heavy atom. The lowest BCUT2D eigenvalue weighted by Crippen LogP contribution is -2.30. The molecule has 1 aliphatic heterocycles. The summed E-state index contributed by atoms with van der Waals surface area (Å²) in [5.74, 6) is -0.0591. The average molecular weight is 268 g/mol. The summed E-state index contributed by atoms with van der Waals surface area (Å²) in [5, 5.41) is 9.44. The molecule has 3 rings (SSSR count). The van der Waals surface area contributed by atoms with Gasteiger partial charge in [0.05, 0.1) is 11.8 Å². The first-order valence-electron chi connectivity index (χ1n) is 6.74. The lowest BCUT2D eigenvalue weighted by molar-refractivity contribution is 0.0745. The van der Waals surface area contributed by atoms with Crippen LogP contribution in [0.2, 0.25) is 0 Å². The normalized spacial score (nSPS) is 14.5. The molecule has 0 atom stereocenters. The third-order valence-electron chi connectivity index (χ3n) is 3.61. The van der Waals surface area contributed by atoms with Crippen molar-refractivity contribution in [2.24, 2.45) is 0 Å². The lowest BCUT2D eigenvalue weighted by Gasteiger charge is -2.20. The zero-order valence-electron chi connectivity index (χ0n) is 11.1. The van der Waals surface area contributed by atoms with Crippen LogP contribution < -0.4 is 0 Å². The first kappa shape index (κ1) is 12.7. The van der Waals surface area contributed by atoms with Crippen molar-refractivity contribution in [3.05, 3.63) is 59.4 Å². The van der Waals surface area contributed by atoms with E-state index in [1.54, 1.807) is 0 Å². The van der Waals surface area contributed by atoms with Gasteiger partial charge in [-0.25, -0.2) is 0 Å². The molecule has 2 aromatic rings. The van der Waals surface area contributed by atoms with Crippen LogP contribution in [0, 0.1) is 0 Å². The van der Waals surface area contributed by atoms with Gasteiger partial charge in [-0.15, -0.1) is 0 Å². The predicted molar refractivity (Wildman–Crippen MR) is 75.4 cm³/mol. The van der Waals surface area contributed by atoms with Gasteiger partial charge in [0.25, 0.3) is 5.91 Å². The third kappa shape index (κ3) is 2.50. The molecule has 102 valence electrons. The summed E-state index contributed by atoms with van der Waals surface area (Å²) in [6.45, 7) is 1.34. The molecule has 0 saturated carbocycles. The molecule has 20 heavy (non-hydrogen) atoms. The maximum atomic E-state index is 12.5. The Balaban J connectivity index is 1.86. The molecule has 1 N–H and O–H groups in total. The number of rotatable bonds is 1. The summed E-state index contributed by atoms with van der Waals surface area (Å²) in [5.41, 5.74) is 2.95. The maximum absolute atomic E-state index is 12.5. The van der Waals surface area contributed by atoms with Crippen LogP contribution in [0.15, 0.2) is 42.7 Å². The zero-order chi connectivity index (χ0) is 13.9. The summed E-state index contributed by atoms with van der Waals surface area (Å²) in [7, 11) is 0. The highest BCUT2D eigenvalue weighted by Gasteiger charge is 2.20. The monoisotopic (exact) mass is 268 g/mol. The molecule has 4 nitrogen and oxygen atoms in total. The maximum Gasteiger partial charge on any atom is 0.255 e. The van der Waals surface area contributed by atoms with Crippen molar-refractivity contribution in [3.8, 4) is 5.75 Å². The van der Waals surface area contributed by atoms with Crippen LogP contribution in [-0.2, 0) is 13.0 Å². The van der Waals surface area contributed by atoms with Gasteiger partial charge in [0.15, 0.2) is 0 Å². The molecule has 0 aliphatic carbocycles. The van der Waals surface area contributed by atoms with Crippen LogP contribution in [0.1, 0.15) is 27.9 Å². The number of carbonyl (C=O) groups excluding carboxylic acids is 1. The molecule has 0 fully saturated rings. The Morgan fingerprint density at radius 2 is 2.00 bits per heavy atom. The van der Waals surface area contributed by atoms with Crippen LogP contribution >= 0.6 is 0 Å². The van der Waals surface area contributed by atoms with Crippen molar-refractivity contribution in [2.75, 3.05) is 6.54 Å². The summed E-state index contributed by atoms with van der Waals surface area (Å²) in [6, 6.07) is 9.70. The number of benzene rings is 1. The molecule has 0 unspecified atom stereocenters. The molecule has 1 amide bonds. The Bertz CT molecular complexity index is 640. The molecule has 0 bridgehead atoms. The van der Waals surface area contributed by atoms with Crippen LogP contribution in [0.3, 0.4) is 0 Å². The number of amides is 1. The van der Waals surface area contributed by atoms with Gasteiger partial charge in [0, 0.05) is 19.3 Å². The molecule has 0 spiro atoms. The van der Waals surface area contributed by atoms with Gasteiger partial charge >= 0.3 is 0 Å². The van der Waals surface area contributed by atoms with E-state index in [0.29, 0.717) is 12.1 Å². The van der Waals surface area contributed by atoms with Crippen LogP contribution in [0.5, 0.6) is 5.75 Å². The fourth-order valence-corrected chi connectivity index (χ4v) is 2.60. The number of carbonyl (C=O) groups is 1. The van der Waals surface area contributed by atoms with Crippen molar-refractivity contribution >= 4 is 5.91 Å². The van der Waals surface area contributed by atoms with Crippen molar-refractivity contribution < 1.29 is 9.90 Å². The Morgan fingerprint density at radius 3 is 2.80 bits per heavy atom. The quantitative estimate of drug-likeness (QED) is 0.864. The van der Waals surface area contributed by atoms with Crippen LogP contribution in [0.25, 0.3) is 0 Å². The molecule has 1 aromatic carbocycles. The van der Waals surface area contributed by atoms with Gasteiger partial charge in [-0.2, -0.15) is 0 Å². The fraction of sp³-hybridized carbons (Fsp3) is 0.250. The van der Waals surface area contributed by atoms with E-state index >= 15 is 0 Å². The summed E-state index contributed by atoms with van der Waals surface area (Å²) < 4.78 is 0. The molecule has 1 aliphatic rings. The standard InChI is InChI=1S/C16H16N2O2/c19-15-8-14(9-17-10-15)16(20)18-7-3-6-12-4-1-2-5-13(12)11-18/h1-2,4-5,8-10,19H,3,6-7,11H2. The van der Waals surface area contributed by atoms with Gasteiger partial charge < -0.3 is 10.0 Å². The minimum Gasteiger partial charge on any atom is -0.506 e. The zero-order valence-corrected chi connectivity index (χ0v) is 11.1. The molecule has 1 aromatic heterocycles. The molecule has 0 radical (unpaired) electrons. The molecular weight excluding hydrogens is 252 g/mol. The summed E-state index contributed by atoms with van der Waals surface area (Å²) >= 11 is 0. The van der Waals surface area contributed by atoms with E-state index in [0.717, 1.165) is 19.4 Å². The first-order chi connectivity index (χ1) is 9.74. The second kappa shape index (κ2) is 5.33. The van der Waals surface area contributed by atoms with Gasteiger partial charge in [0.1, 0.15) is 5.75 Å². The minimum absolute atomic E-state index is 0.0195. The van der Waals surface area contributed by atoms with E-state index in [1.165, 1.54) is 29.6 Å². The van der Waals surface area contributed by atoms with Gasteiger partial charge in [-0.3, -0.25) is 9.78 Å². The van der Waals surface area contributed by atoms with E-state index in [2.05, 4.69) is 17.1 Å². The highest BCUT2D eigenvalue weighted by molar-refractivity contribution is 5.94. The van der Waals surface area contributed by atoms with Crippen molar-refractivity contribution in [3.63, 3.8) is 0 Å². The number of aromatic nitrogens is 1. The van der Waals surface area contributed by atoms with E-state index < -0.39 is 0 Å². The number of aromatic hydroxyl groups is 1. The minimum atomic E-state index is -0.0786. The van der Waals surface area contributed by atoms with Crippen molar-refractivity contribution in [2.45, 2.75) is 19.4 Å². The van der Waals surface area contributed by atoms with Crippen molar-refractivity contribution in [1.29, 1.82) is 0 Å². The number of hydrogen-bond donors (Lipinski definition) is 1. The number of pyridine rings is 1. The number of nitrogens with zero attached hydrogens (tertiary/aromatic N) is 2. The molecular formula is C16H16N2O2. The second-order valence-electron chi connectivity index (χ2n) is 5.03. The van der Waals surface area contributed by atoms with E-state index in [9.17, 15) is 9.90 Å². The van der Waals surface area contributed by atoms with Gasteiger partial charge in [-0.05, 0) is 30.0 Å². The largest absolute Gasteiger partial charge is 0.506 e. The second-order valence-corrected chi connectivity index (χ2v) is 5.03. The fourth-order valence-electron chi connectivity index (χ4n) is 2.60. The average Bonchev–Trinajstić information content (AvgIpc) is 2.68. The Labute approximate surface area is 117 Å². The summed E-state index contributed by atoms with van der Waals surface area (Å²) in [6.07, 6.45) is 4.78. The summed E-state index contributed by atoms with van der Waals surface area (Å²) in [4.78, 5) is 18.2. The van der Waals surface area contributed by atoms with E-state index in [-0.39, 0.29) is 11.7 Å². The lowest BCUT2D eigenvalue weighted by atomic mass is 10.0. The van der Waals surface area contributed by atoms with Crippen LogP contribution in [-0.4, -0.2) is 27.4 Å². The number of hydrogen-bond acceptors (Lipinski definition) is 3. The highest BCUT2D eigenvalue weighted by atomic mass is 16.3. The topological polar surface area (TPSA) is 53.4 Å². The van der Waals surface area contributed by atoms with Gasteiger partial charge in [0.2, 0.25) is 0 Å². The number of fused-ring (bicyclic) bond motifs is 1. The third-order valence-corrected chi connectivity index (χ3v) is 3.61. The van der Waals surface area contributed by atoms with Crippen molar-refractivity contribution in [1.82, 2.24) is 9.88 Å². The first-order valence-corrected chi connectivity index (χ1v) is 6.74. The highest BCUT2D eigenvalue weighted by Crippen LogP contribution is 2.20. The van der Waals surface area contributed by atoms with Gasteiger partial charge in [-0.1, -0.05) is 24.3 Å². The van der Waals surface area contributed by atoms with E-state index in [1.807, 2.05) is 17.0 Å². The molecule has 0 saturated heterocycles. The molecule has 2 heterocycles.